The molecule has 4 aromatic rings. The molecule has 3 heterocycles. The normalized spacial score (nSPS) is 14.2. The van der Waals surface area contributed by atoms with Crippen molar-refractivity contribution in [2.45, 2.75) is 33.2 Å². The summed E-state index contributed by atoms with van der Waals surface area (Å²) >= 11 is 1.57. The maximum atomic E-state index is 13.0. The first-order valence-corrected chi connectivity index (χ1v) is 13.2. The van der Waals surface area contributed by atoms with Gasteiger partial charge in [-0.2, -0.15) is 0 Å². The van der Waals surface area contributed by atoms with E-state index in [1.807, 2.05) is 36.6 Å². The van der Waals surface area contributed by atoms with Gasteiger partial charge in [-0.25, -0.2) is 4.98 Å². The third-order valence-electron chi connectivity index (χ3n) is 6.53. The summed E-state index contributed by atoms with van der Waals surface area (Å²) < 4.78 is 43.0. The number of fused-ring (bicyclic) bond motifs is 1. The van der Waals surface area contributed by atoms with Gasteiger partial charge < -0.3 is 19.9 Å². The number of anilines is 2. The molecule has 1 fully saturated rings. The molecule has 1 aliphatic heterocycles. The van der Waals surface area contributed by atoms with Crippen LogP contribution in [-0.2, 0) is 13.0 Å². The molecule has 0 unspecified atom stereocenters. The molecule has 0 spiro atoms. The highest BCUT2D eigenvalue weighted by molar-refractivity contribution is 7.17. The van der Waals surface area contributed by atoms with Crippen LogP contribution in [0.25, 0.3) is 4.96 Å². The molecular weight excluding hydrogens is 515 g/mol. The van der Waals surface area contributed by atoms with Crippen LogP contribution in [0.1, 0.15) is 33.5 Å². The first-order valence-electron chi connectivity index (χ1n) is 12.4. The van der Waals surface area contributed by atoms with E-state index in [2.05, 4.69) is 37.0 Å². The zero-order chi connectivity index (χ0) is 26.9. The number of piperazine rings is 1. The number of halogens is 3. The van der Waals surface area contributed by atoms with Crippen LogP contribution >= 0.6 is 11.3 Å². The zero-order valence-corrected chi connectivity index (χ0v) is 21.9. The van der Waals surface area contributed by atoms with E-state index in [1.54, 1.807) is 23.5 Å². The molecule has 1 saturated heterocycles. The predicted molar refractivity (Wildman–Crippen MR) is 142 cm³/mol. The average molecular weight is 544 g/mol. The Morgan fingerprint density at radius 3 is 2.13 bits per heavy atom. The Morgan fingerprint density at radius 1 is 1.00 bits per heavy atom. The Bertz CT molecular complexity index is 1410. The lowest BCUT2D eigenvalue weighted by Gasteiger charge is -2.37. The van der Waals surface area contributed by atoms with Crippen molar-refractivity contribution in [3.8, 4) is 5.75 Å². The highest BCUT2D eigenvalue weighted by Gasteiger charge is 2.31. The van der Waals surface area contributed by atoms with Crippen molar-refractivity contribution in [2.75, 3.05) is 36.0 Å². The van der Waals surface area contributed by atoms with Gasteiger partial charge in [-0.15, -0.1) is 24.5 Å². The number of aromatic nitrogens is 2. The van der Waals surface area contributed by atoms with E-state index in [9.17, 15) is 18.0 Å². The Kier molecular flexibility index (Phi) is 7.20. The number of aryl methyl sites for hydroxylation is 2. The molecule has 7 nitrogen and oxygen atoms in total. The summed E-state index contributed by atoms with van der Waals surface area (Å²) in [7, 11) is 0. The molecule has 2 aromatic heterocycles. The van der Waals surface area contributed by atoms with Crippen LogP contribution in [0.5, 0.6) is 5.75 Å². The van der Waals surface area contributed by atoms with Crippen molar-refractivity contribution in [1.82, 2.24) is 14.7 Å². The lowest BCUT2D eigenvalue weighted by molar-refractivity contribution is -0.274. The number of benzene rings is 2. The molecular formula is C27H28F3N5O2S. The number of carbonyl (C=O) groups excluding carboxylic acids is 1. The molecule has 0 saturated carbocycles. The van der Waals surface area contributed by atoms with E-state index in [1.165, 1.54) is 12.1 Å². The molecule has 38 heavy (non-hydrogen) atoms. The minimum atomic E-state index is -4.69. The second-order valence-electron chi connectivity index (χ2n) is 9.12. The van der Waals surface area contributed by atoms with Gasteiger partial charge in [0.2, 0.25) is 0 Å². The van der Waals surface area contributed by atoms with Gasteiger partial charge in [-0.3, -0.25) is 9.20 Å². The van der Waals surface area contributed by atoms with Gasteiger partial charge in [0.1, 0.15) is 11.4 Å². The summed E-state index contributed by atoms with van der Waals surface area (Å²) in [4.78, 5) is 23.9. The Balaban J connectivity index is 1.15. The predicted octanol–water partition coefficient (Wildman–Crippen LogP) is 5.42. The fourth-order valence-electron chi connectivity index (χ4n) is 4.66. The van der Waals surface area contributed by atoms with Crippen molar-refractivity contribution in [1.29, 1.82) is 0 Å². The second-order valence-corrected chi connectivity index (χ2v) is 10.3. The van der Waals surface area contributed by atoms with Gasteiger partial charge in [-0.1, -0.05) is 19.1 Å². The van der Waals surface area contributed by atoms with Crippen molar-refractivity contribution < 1.29 is 22.7 Å². The number of ether oxygens (including phenoxy) is 1. The van der Waals surface area contributed by atoms with Crippen LogP contribution < -0.4 is 19.9 Å². The minimum absolute atomic E-state index is 0.134. The molecule has 11 heteroatoms. The summed E-state index contributed by atoms with van der Waals surface area (Å²) in [5.74, 6) is -0.354. The van der Waals surface area contributed by atoms with E-state index in [0.29, 0.717) is 18.7 Å². The van der Waals surface area contributed by atoms with Crippen LogP contribution in [0.4, 0.5) is 24.5 Å². The lowest BCUT2D eigenvalue weighted by atomic mass is 10.1. The average Bonchev–Trinajstić information content (AvgIpc) is 3.42. The third kappa shape index (κ3) is 5.72. The number of carbonyl (C=O) groups is 1. The van der Waals surface area contributed by atoms with Crippen LogP contribution in [0.15, 0.2) is 54.7 Å². The number of nitrogens with one attached hydrogen (secondary N) is 1. The van der Waals surface area contributed by atoms with Crippen LogP contribution in [-0.4, -0.2) is 47.8 Å². The lowest BCUT2D eigenvalue weighted by Crippen LogP contribution is -2.46. The van der Waals surface area contributed by atoms with Gasteiger partial charge >= 0.3 is 6.36 Å². The number of nitrogens with zero attached hydrogens (tertiary/aromatic N) is 4. The van der Waals surface area contributed by atoms with Crippen molar-refractivity contribution in [3.05, 3.63) is 76.6 Å². The largest absolute Gasteiger partial charge is 0.573 e. The number of alkyl halides is 3. The quantitative estimate of drug-likeness (QED) is 0.337. The summed E-state index contributed by atoms with van der Waals surface area (Å²) in [5, 5.41) is 3.03. The molecule has 5 rings (SSSR count). The standard InChI is InChI=1S/C27H28F3N5O2S/c1-3-23-24(35-17-18(2)38-26(35)32-23)25(36)31-16-19-4-6-20(7-5-19)33-12-14-34(15-13-33)21-8-10-22(11-9-21)37-27(28,29)30/h4-11,17H,3,12-16H2,1-2H3,(H,31,36). The molecule has 0 radical (unpaired) electrons. The smallest absolute Gasteiger partial charge is 0.406 e. The summed E-state index contributed by atoms with van der Waals surface area (Å²) in [6, 6.07) is 14.1. The monoisotopic (exact) mass is 543 g/mol. The number of rotatable bonds is 7. The first kappa shape index (κ1) is 25.9. The fourth-order valence-corrected chi connectivity index (χ4v) is 5.50. The maximum Gasteiger partial charge on any atom is 0.573 e. The maximum absolute atomic E-state index is 13.0. The molecule has 1 N–H and O–H groups in total. The molecule has 1 amide bonds. The van der Waals surface area contributed by atoms with E-state index in [-0.39, 0.29) is 11.7 Å². The Hall–Kier alpha value is -3.73. The van der Waals surface area contributed by atoms with Gasteiger partial charge in [0, 0.05) is 55.2 Å². The number of amides is 1. The van der Waals surface area contributed by atoms with Gasteiger partial charge in [0.15, 0.2) is 4.96 Å². The van der Waals surface area contributed by atoms with Crippen LogP contribution in [0.3, 0.4) is 0 Å². The topological polar surface area (TPSA) is 62.1 Å². The third-order valence-corrected chi connectivity index (χ3v) is 7.43. The summed E-state index contributed by atoms with van der Waals surface area (Å²) in [6.07, 6.45) is -2.05. The molecule has 2 aromatic carbocycles. The van der Waals surface area contributed by atoms with E-state index in [4.69, 9.17) is 0 Å². The van der Waals surface area contributed by atoms with Gasteiger partial charge in [-0.05, 0) is 55.3 Å². The number of hydrogen-bond donors (Lipinski definition) is 1. The highest BCUT2D eigenvalue weighted by Crippen LogP contribution is 2.27. The van der Waals surface area contributed by atoms with Crippen molar-refractivity contribution in [2.24, 2.45) is 0 Å². The molecule has 1 aliphatic rings. The highest BCUT2D eigenvalue weighted by atomic mass is 32.1. The first-order chi connectivity index (χ1) is 18.2. The van der Waals surface area contributed by atoms with Gasteiger partial charge in [0.05, 0.1) is 5.69 Å². The summed E-state index contributed by atoms with van der Waals surface area (Å²) in [5.41, 5.74) is 4.36. The molecule has 200 valence electrons. The minimum Gasteiger partial charge on any atom is -0.406 e. The van der Waals surface area contributed by atoms with E-state index < -0.39 is 6.36 Å². The summed E-state index contributed by atoms with van der Waals surface area (Å²) in [6.45, 7) is 7.49. The van der Waals surface area contributed by atoms with Crippen molar-refractivity contribution >= 4 is 33.6 Å². The molecule has 0 atom stereocenters. The Morgan fingerprint density at radius 2 is 1.58 bits per heavy atom. The van der Waals surface area contributed by atoms with Crippen LogP contribution in [0.2, 0.25) is 0 Å². The van der Waals surface area contributed by atoms with Crippen LogP contribution in [0, 0.1) is 6.92 Å². The Labute approximate surface area is 222 Å². The number of hydrogen-bond acceptors (Lipinski definition) is 6. The second kappa shape index (κ2) is 10.6. The van der Waals surface area contributed by atoms with Crippen molar-refractivity contribution in [3.63, 3.8) is 0 Å². The number of imidazole rings is 1. The molecule has 0 bridgehead atoms. The van der Waals surface area contributed by atoms with E-state index in [0.717, 1.165) is 58.6 Å². The SMILES string of the molecule is CCc1nc2sc(C)cn2c1C(=O)NCc1ccc(N2CCN(c3ccc(OC(F)(F)F)cc3)CC2)cc1. The van der Waals surface area contributed by atoms with E-state index >= 15 is 0 Å². The fraction of sp³-hybridized carbons (Fsp3) is 0.333. The van der Waals surface area contributed by atoms with Gasteiger partial charge in [0.25, 0.3) is 5.91 Å². The number of thiazole rings is 1. The molecule has 0 aliphatic carbocycles. The zero-order valence-electron chi connectivity index (χ0n) is 21.1.